The predicted octanol–water partition coefficient (Wildman–Crippen LogP) is 6.34. The molecule has 0 aliphatic heterocycles. The van der Waals surface area contributed by atoms with E-state index in [-0.39, 0.29) is 5.78 Å². The van der Waals surface area contributed by atoms with Crippen LogP contribution in [0.2, 0.25) is 0 Å². The minimum Gasteiger partial charge on any atom is -0.388 e. The molecule has 4 rings (SSSR count). The molecule has 3 heteroatoms. The van der Waals surface area contributed by atoms with E-state index in [1.165, 1.54) is 0 Å². The van der Waals surface area contributed by atoms with E-state index in [1.807, 2.05) is 86.9 Å². The minimum absolute atomic E-state index is 0.0105. The van der Waals surface area contributed by atoms with E-state index in [2.05, 4.69) is 34.9 Å². The van der Waals surface area contributed by atoms with Gasteiger partial charge in [0.2, 0.25) is 0 Å². The smallest absolute Gasteiger partial charge is 0.193 e. The highest BCUT2D eigenvalue weighted by atomic mass is 16.1. The summed E-state index contributed by atoms with van der Waals surface area (Å²) >= 11 is 0. The molecular formula is C27H24N2O. The van der Waals surface area contributed by atoms with E-state index in [9.17, 15) is 4.79 Å². The standard InChI is InChI=1S/C27H24N2O/c1-28-22-15-13-21(14-16-22)27(30)23-17-18-24(29-2)26(20-11-7-4-8-12-20)25(23)19-9-5-3-6-10-19/h3-18,28-29H,1-2H3. The van der Waals surface area contributed by atoms with Crippen molar-refractivity contribution < 1.29 is 4.79 Å². The molecule has 2 N–H and O–H groups in total. The Morgan fingerprint density at radius 1 is 0.600 bits per heavy atom. The molecule has 30 heavy (non-hydrogen) atoms. The van der Waals surface area contributed by atoms with E-state index >= 15 is 0 Å². The van der Waals surface area contributed by atoms with E-state index in [4.69, 9.17) is 0 Å². The van der Waals surface area contributed by atoms with Crippen LogP contribution in [0.4, 0.5) is 11.4 Å². The Labute approximate surface area is 177 Å². The van der Waals surface area contributed by atoms with Gasteiger partial charge in [-0.3, -0.25) is 4.79 Å². The Balaban J connectivity index is 1.98. The molecule has 0 unspecified atom stereocenters. The van der Waals surface area contributed by atoms with Crippen LogP contribution in [0.5, 0.6) is 0 Å². The van der Waals surface area contributed by atoms with Crippen molar-refractivity contribution in [1.82, 2.24) is 0 Å². The second-order valence-corrected chi connectivity index (χ2v) is 7.05. The Morgan fingerprint density at radius 2 is 1.17 bits per heavy atom. The quantitative estimate of drug-likeness (QED) is 0.376. The fraction of sp³-hybridized carbons (Fsp3) is 0.0741. The van der Waals surface area contributed by atoms with Gasteiger partial charge in [0.25, 0.3) is 0 Å². The number of hydrogen-bond donors (Lipinski definition) is 2. The number of carbonyl (C=O) groups excluding carboxylic acids is 1. The summed E-state index contributed by atoms with van der Waals surface area (Å²) in [5.74, 6) is 0.0105. The topological polar surface area (TPSA) is 41.1 Å². The zero-order valence-electron chi connectivity index (χ0n) is 17.1. The van der Waals surface area contributed by atoms with Crippen LogP contribution in [-0.4, -0.2) is 19.9 Å². The number of anilines is 2. The third-order valence-electron chi connectivity index (χ3n) is 5.28. The average Bonchev–Trinajstić information content (AvgIpc) is 2.83. The van der Waals surface area contributed by atoms with Gasteiger partial charge < -0.3 is 10.6 Å². The third-order valence-corrected chi connectivity index (χ3v) is 5.28. The number of rotatable bonds is 6. The summed E-state index contributed by atoms with van der Waals surface area (Å²) in [6.45, 7) is 0. The second kappa shape index (κ2) is 8.66. The van der Waals surface area contributed by atoms with Crippen LogP contribution in [0.3, 0.4) is 0 Å². The van der Waals surface area contributed by atoms with Crippen molar-refractivity contribution in [3.05, 3.63) is 108 Å². The highest BCUT2D eigenvalue weighted by Crippen LogP contribution is 2.41. The maximum Gasteiger partial charge on any atom is 0.193 e. The molecule has 0 bridgehead atoms. The average molecular weight is 393 g/mol. The molecule has 0 saturated heterocycles. The van der Waals surface area contributed by atoms with E-state index in [0.717, 1.165) is 33.6 Å². The lowest BCUT2D eigenvalue weighted by atomic mass is 9.86. The number of benzene rings is 4. The molecule has 0 saturated carbocycles. The van der Waals surface area contributed by atoms with Gasteiger partial charge in [0.15, 0.2) is 5.78 Å². The van der Waals surface area contributed by atoms with Crippen molar-refractivity contribution in [2.75, 3.05) is 24.7 Å². The summed E-state index contributed by atoms with van der Waals surface area (Å²) in [5, 5.41) is 6.40. The molecule has 0 radical (unpaired) electrons. The maximum atomic E-state index is 13.6. The summed E-state index contributed by atoms with van der Waals surface area (Å²) in [6, 6.07) is 31.8. The van der Waals surface area contributed by atoms with Gasteiger partial charge in [0, 0.05) is 47.7 Å². The molecule has 0 atom stereocenters. The highest BCUT2D eigenvalue weighted by Gasteiger charge is 2.21. The van der Waals surface area contributed by atoms with Crippen LogP contribution in [0, 0.1) is 0 Å². The Kier molecular flexibility index (Phi) is 5.62. The van der Waals surface area contributed by atoms with Crippen LogP contribution < -0.4 is 10.6 Å². The number of carbonyl (C=O) groups is 1. The molecule has 0 amide bonds. The van der Waals surface area contributed by atoms with Gasteiger partial charge in [-0.2, -0.15) is 0 Å². The lowest BCUT2D eigenvalue weighted by Gasteiger charge is -2.19. The minimum atomic E-state index is 0.0105. The molecule has 0 aliphatic rings. The summed E-state index contributed by atoms with van der Waals surface area (Å²) in [6.07, 6.45) is 0. The van der Waals surface area contributed by atoms with Crippen molar-refractivity contribution in [2.24, 2.45) is 0 Å². The van der Waals surface area contributed by atoms with Gasteiger partial charge in [-0.25, -0.2) is 0 Å². The lowest BCUT2D eigenvalue weighted by molar-refractivity contribution is 0.103. The Bertz CT molecular complexity index is 1150. The summed E-state index contributed by atoms with van der Waals surface area (Å²) < 4.78 is 0. The van der Waals surface area contributed by atoms with Crippen molar-refractivity contribution in [1.29, 1.82) is 0 Å². The summed E-state index contributed by atoms with van der Waals surface area (Å²) in [4.78, 5) is 13.6. The van der Waals surface area contributed by atoms with Gasteiger partial charge in [-0.1, -0.05) is 60.7 Å². The van der Waals surface area contributed by atoms with Crippen LogP contribution in [-0.2, 0) is 0 Å². The first-order chi connectivity index (χ1) is 14.7. The molecule has 4 aromatic carbocycles. The first kappa shape index (κ1) is 19.5. The van der Waals surface area contributed by atoms with Crippen LogP contribution in [0.15, 0.2) is 97.1 Å². The normalized spacial score (nSPS) is 10.5. The van der Waals surface area contributed by atoms with E-state index in [0.29, 0.717) is 11.1 Å². The maximum absolute atomic E-state index is 13.6. The first-order valence-electron chi connectivity index (χ1n) is 10.0. The van der Waals surface area contributed by atoms with Gasteiger partial charge in [0.05, 0.1) is 0 Å². The van der Waals surface area contributed by atoms with Crippen molar-refractivity contribution in [3.8, 4) is 22.3 Å². The van der Waals surface area contributed by atoms with Gasteiger partial charge in [0.1, 0.15) is 0 Å². The molecule has 0 heterocycles. The molecule has 0 fully saturated rings. The first-order valence-corrected chi connectivity index (χ1v) is 10.0. The summed E-state index contributed by atoms with van der Waals surface area (Å²) in [5.41, 5.74) is 7.38. The SMILES string of the molecule is CNc1ccc(C(=O)c2ccc(NC)c(-c3ccccc3)c2-c2ccccc2)cc1. The monoisotopic (exact) mass is 392 g/mol. The largest absolute Gasteiger partial charge is 0.388 e. The molecule has 0 aliphatic carbocycles. The predicted molar refractivity (Wildman–Crippen MR) is 126 cm³/mol. The molecular weight excluding hydrogens is 368 g/mol. The number of nitrogens with one attached hydrogen (secondary N) is 2. The zero-order chi connectivity index (χ0) is 20.9. The molecule has 3 nitrogen and oxygen atoms in total. The Morgan fingerprint density at radius 3 is 1.70 bits per heavy atom. The third kappa shape index (κ3) is 3.70. The molecule has 0 spiro atoms. The lowest BCUT2D eigenvalue weighted by Crippen LogP contribution is -2.07. The zero-order valence-corrected chi connectivity index (χ0v) is 17.1. The fourth-order valence-corrected chi connectivity index (χ4v) is 3.75. The number of hydrogen-bond acceptors (Lipinski definition) is 3. The second-order valence-electron chi connectivity index (χ2n) is 7.05. The van der Waals surface area contributed by atoms with Crippen molar-refractivity contribution in [3.63, 3.8) is 0 Å². The molecule has 148 valence electrons. The van der Waals surface area contributed by atoms with E-state index < -0.39 is 0 Å². The fourth-order valence-electron chi connectivity index (χ4n) is 3.75. The summed E-state index contributed by atoms with van der Waals surface area (Å²) in [7, 11) is 3.78. The van der Waals surface area contributed by atoms with Gasteiger partial charge in [-0.05, 0) is 47.5 Å². The molecule has 4 aromatic rings. The van der Waals surface area contributed by atoms with Gasteiger partial charge >= 0.3 is 0 Å². The van der Waals surface area contributed by atoms with Crippen LogP contribution in [0.1, 0.15) is 15.9 Å². The van der Waals surface area contributed by atoms with Crippen LogP contribution >= 0.6 is 0 Å². The van der Waals surface area contributed by atoms with Crippen LogP contribution in [0.25, 0.3) is 22.3 Å². The highest BCUT2D eigenvalue weighted by molar-refractivity contribution is 6.16. The van der Waals surface area contributed by atoms with E-state index in [1.54, 1.807) is 0 Å². The molecule has 0 aromatic heterocycles. The van der Waals surface area contributed by atoms with Crippen molar-refractivity contribution >= 4 is 17.2 Å². The van der Waals surface area contributed by atoms with Gasteiger partial charge in [-0.15, -0.1) is 0 Å². The van der Waals surface area contributed by atoms with Crippen molar-refractivity contribution in [2.45, 2.75) is 0 Å². The Hall–Kier alpha value is -3.85. The number of ketones is 1.